The van der Waals surface area contributed by atoms with Gasteiger partial charge >= 0.3 is 0 Å². The number of carbonyl (C=O) groups excluding carboxylic acids is 1. The second-order valence-corrected chi connectivity index (χ2v) is 6.95. The molecule has 2 aromatic rings. The summed E-state index contributed by atoms with van der Waals surface area (Å²) in [4.78, 5) is 14.6. The second-order valence-electron chi connectivity index (χ2n) is 6.95. The first-order valence-electron chi connectivity index (χ1n) is 8.31. The zero-order valence-corrected chi connectivity index (χ0v) is 14.2. The van der Waals surface area contributed by atoms with E-state index in [-0.39, 0.29) is 11.4 Å². The molecule has 0 fully saturated rings. The first-order valence-corrected chi connectivity index (χ1v) is 8.31. The predicted octanol–water partition coefficient (Wildman–Crippen LogP) is 3.39. The van der Waals surface area contributed by atoms with Gasteiger partial charge in [0.05, 0.1) is 0 Å². The molecule has 1 aliphatic rings. The number of amides is 1. The summed E-state index contributed by atoms with van der Waals surface area (Å²) < 4.78 is 13.2. The third kappa shape index (κ3) is 3.65. The van der Waals surface area contributed by atoms with Gasteiger partial charge in [-0.15, -0.1) is 0 Å². The number of fused-ring (bicyclic) bond motifs is 1. The highest BCUT2D eigenvalue weighted by atomic mass is 19.1. The van der Waals surface area contributed by atoms with E-state index in [4.69, 9.17) is 0 Å². The van der Waals surface area contributed by atoms with Gasteiger partial charge in [-0.05, 0) is 49.6 Å². The molecule has 4 heteroatoms. The molecule has 1 aliphatic heterocycles. The number of benzene rings is 2. The highest BCUT2D eigenvalue weighted by molar-refractivity contribution is 5.94. The van der Waals surface area contributed by atoms with Crippen molar-refractivity contribution in [3.63, 3.8) is 0 Å². The summed E-state index contributed by atoms with van der Waals surface area (Å²) >= 11 is 0. The summed E-state index contributed by atoms with van der Waals surface area (Å²) in [6.07, 6.45) is 1.03. The van der Waals surface area contributed by atoms with Crippen LogP contribution in [0.4, 0.5) is 4.39 Å². The fourth-order valence-corrected chi connectivity index (χ4v) is 3.15. The Balaban J connectivity index is 1.63. The molecular formula is C20H23FN2O. The Bertz CT molecular complexity index is 742. The minimum Gasteiger partial charge on any atom is -0.350 e. The van der Waals surface area contributed by atoms with Gasteiger partial charge in [-0.1, -0.05) is 30.3 Å². The molecule has 1 heterocycles. The molecule has 0 saturated heterocycles. The Morgan fingerprint density at radius 1 is 1.17 bits per heavy atom. The lowest BCUT2D eigenvalue weighted by molar-refractivity contribution is 0.0826. The van der Waals surface area contributed by atoms with Crippen molar-refractivity contribution in [2.75, 3.05) is 13.1 Å². The van der Waals surface area contributed by atoms with E-state index in [0.29, 0.717) is 12.1 Å². The lowest BCUT2D eigenvalue weighted by Gasteiger charge is -2.41. The molecule has 126 valence electrons. The average molecular weight is 326 g/mol. The first kappa shape index (κ1) is 16.7. The molecule has 3 rings (SSSR count). The van der Waals surface area contributed by atoms with Crippen LogP contribution >= 0.6 is 0 Å². The molecular weight excluding hydrogens is 303 g/mol. The van der Waals surface area contributed by atoms with Gasteiger partial charge in [0.2, 0.25) is 0 Å². The van der Waals surface area contributed by atoms with Gasteiger partial charge in [0.15, 0.2) is 0 Å². The van der Waals surface area contributed by atoms with Crippen LogP contribution in [-0.2, 0) is 13.0 Å². The lowest BCUT2D eigenvalue weighted by Crippen LogP contribution is -2.53. The van der Waals surface area contributed by atoms with Gasteiger partial charge < -0.3 is 5.32 Å². The maximum atomic E-state index is 13.2. The van der Waals surface area contributed by atoms with Gasteiger partial charge in [0.1, 0.15) is 5.82 Å². The molecule has 0 radical (unpaired) electrons. The van der Waals surface area contributed by atoms with Crippen LogP contribution in [0, 0.1) is 5.82 Å². The Kier molecular flexibility index (Phi) is 4.67. The summed E-state index contributed by atoms with van der Waals surface area (Å²) in [5.74, 6) is -0.630. The first-order chi connectivity index (χ1) is 11.5. The van der Waals surface area contributed by atoms with Gasteiger partial charge in [-0.3, -0.25) is 9.69 Å². The maximum absolute atomic E-state index is 13.2. The van der Waals surface area contributed by atoms with Gasteiger partial charge in [-0.25, -0.2) is 4.39 Å². The molecule has 0 spiro atoms. The molecule has 0 unspecified atom stereocenters. The largest absolute Gasteiger partial charge is 0.350 e. The van der Waals surface area contributed by atoms with Crippen LogP contribution < -0.4 is 5.32 Å². The van der Waals surface area contributed by atoms with E-state index in [1.54, 1.807) is 12.1 Å². The van der Waals surface area contributed by atoms with Gasteiger partial charge in [0, 0.05) is 30.7 Å². The monoisotopic (exact) mass is 326 g/mol. The van der Waals surface area contributed by atoms with E-state index < -0.39 is 5.82 Å². The summed E-state index contributed by atoms with van der Waals surface area (Å²) in [6.45, 7) is 6.64. The summed E-state index contributed by atoms with van der Waals surface area (Å²) in [5.41, 5.74) is 2.95. The standard InChI is InChI=1S/C20H23FN2O/c1-20(2,14-22-19(24)16-8-5-9-18(21)12-16)23-11-10-15-6-3-4-7-17(15)13-23/h3-9,12H,10-11,13-14H2,1-2H3,(H,22,24). The SMILES string of the molecule is CC(C)(CNC(=O)c1cccc(F)c1)N1CCc2ccccc2C1. The van der Waals surface area contributed by atoms with Crippen LogP contribution in [0.25, 0.3) is 0 Å². The van der Waals surface area contributed by atoms with Crippen LogP contribution in [-0.4, -0.2) is 29.4 Å². The van der Waals surface area contributed by atoms with Crippen molar-refractivity contribution in [1.82, 2.24) is 10.2 Å². The quantitative estimate of drug-likeness (QED) is 0.934. The molecule has 0 aliphatic carbocycles. The van der Waals surface area contributed by atoms with E-state index >= 15 is 0 Å². The minimum atomic E-state index is -0.394. The number of carbonyl (C=O) groups is 1. The highest BCUT2D eigenvalue weighted by Gasteiger charge is 2.30. The third-order valence-corrected chi connectivity index (χ3v) is 4.76. The number of hydrogen-bond acceptors (Lipinski definition) is 2. The number of rotatable bonds is 4. The van der Waals surface area contributed by atoms with Crippen molar-refractivity contribution in [2.24, 2.45) is 0 Å². The van der Waals surface area contributed by atoms with E-state index in [1.807, 2.05) is 0 Å². The Morgan fingerprint density at radius 3 is 2.67 bits per heavy atom. The van der Waals surface area contributed by atoms with Crippen LogP contribution in [0.15, 0.2) is 48.5 Å². The average Bonchev–Trinajstić information content (AvgIpc) is 2.59. The number of halogens is 1. The predicted molar refractivity (Wildman–Crippen MR) is 93.4 cm³/mol. The molecule has 0 atom stereocenters. The van der Waals surface area contributed by atoms with Crippen molar-refractivity contribution >= 4 is 5.91 Å². The van der Waals surface area contributed by atoms with E-state index in [0.717, 1.165) is 19.5 Å². The van der Waals surface area contributed by atoms with E-state index in [1.165, 1.54) is 23.3 Å². The smallest absolute Gasteiger partial charge is 0.251 e. The third-order valence-electron chi connectivity index (χ3n) is 4.76. The molecule has 24 heavy (non-hydrogen) atoms. The highest BCUT2D eigenvalue weighted by Crippen LogP contribution is 2.25. The molecule has 2 aromatic carbocycles. The molecule has 1 N–H and O–H groups in total. The number of nitrogens with zero attached hydrogens (tertiary/aromatic N) is 1. The Labute approximate surface area is 142 Å². The van der Waals surface area contributed by atoms with Crippen LogP contribution in [0.1, 0.15) is 35.3 Å². The fraction of sp³-hybridized carbons (Fsp3) is 0.350. The minimum absolute atomic E-state index is 0.170. The normalized spacial score (nSPS) is 15.0. The molecule has 1 amide bonds. The zero-order chi connectivity index (χ0) is 17.2. The van der Waals surface area contributed by atoms with Crippen molar-refractivity contribution in [2.45, 2.75) is 32.4 Å². The number of hydrogen-bond donors (Lipinski definition) is 1. The van der Waals surface area contributed by atoms with E-state index in [9.17, 15) is 9.18 Å². The van der Waals surface area contributed by atoms with Gasteiger partial charge in [-0.2, -0.15) is 0 Å². The van der Waals surface area contributed by atoms with Crippen LogP contribution in [0.2, 0.25) is 0 Å². The molecule has 0 aromatic heterocycles. The molecule has 3 nitrogen and oxygen atoms in total. The summed E-state index contributed by atoms with van der Waals surface area (Å²) in [5, 5.41) is 2.94. The Morgan fingerprint density at radius 2 is 1.92 bits per heavy atom. The topological polar surface area (TPSA) is 32.3 Å². The molecule has 0 bridgehead atoms. The molecule has 0 saturated carbocycles. The van der Waals surface area contributed by atoms with Crippen molar-refractivity contribution in [1.29, 1.82) is 0 Å². The van der Waals surface area contributed by atoms with Crippen molar-refractivity contribution in [3.8, 4) is 0 Å². The number of nitrogens with one attached hydrogen (secondary N) is 1. The fourth-order valence-electron chi connectivity index (χ4n) is 3.15. The zero-order valence-electron chi connectivity index (χ0n) is 14.2. The summed E-state index contributed by atoms with van der Waals surface area (Å²) in [6, 6.07) is 14.3. The lowest BCUT2D eigenvalue weighted by atomic mass is 9.94. The van der Waals surface area contributed by atoms with Gasteiger partial charge in [0.25, 0.3) is 5.91 Å². The second kappa shape index (κ2) is 6.73. The van der Waals surface area contributed by atoms with Crippen LogP contribution in [0.5, 0.6) is 0 Å². The van der Waals surface area contributed by atoms with Crippen molar-refractivity contribution in [3.05, 3.63) is 71.0 Å². The summed E-state index contributed by atoms with van der Waals surface area (Å²) in [7, 11) is 0. The maximum Gasteiger partial charge on any atom is 0.251 e. The van der Waals surface area contributed by atoms with Crippen LogP contribution in [0.3, 0.4) is 0 Å². The van der Waals surface area contributed by atoms with Crippen molar-refractivity contribution < 1.29 is 9.18 Å². The van der Waals surface area contributed by atoms with E-state index in [2.05, 4.69) is 48.3 Å². The Hall–Kier alpha value is -2.20.